The molecule has 1 aromatic carbocycles. The summed E-state index contributed by atoms with van der Waals surface area (Å²) in [6.07, 6.45) is 2.69. The summed E-state index contributed by atoms with van der Waals surface area (Å²) in [6, 6.07) is 5.76. The van der Waals surface area contributed by atoms with Crippen LogP contribution in [0.5, 0.6) is 5.75 Å². The third-order valence-corrected chi connectivity index (χ3v) is 3.76. The third kappa shape index (κ3) is 3.61. The lowest BCUT2D eigenvalue weighted by atomic mass is 10.2. The molecule has 1 heterocycles. The highest BCUT2D eigenvalue weighted by Crippen LogP contribution is 2.25. The molecule has 0 spiro atoms. The van der Waals surface area contributed by atoms with Crippen molar-refractivity contribution in [2.24, 2.45) is 0 Å². The van der Waals surface area contributed by atoms with Crippen LogP contribution < -0.4 is 10.1 Å². The van der Waals surface area contributed by atoms with Gasteiger partial charge in [-0.15, -0.1) is 0 Å². The maximum Gasteiger partial charge on any atom is 0.124 e. The lowest BCUT2D eigenvalue weighted by molar-refractivity contribution is 0.335. The molecular weight excluding hydrogens is 248 g/mol. The fourth-order valence-electron chi connectivity index (χ4n) is 2.36. The van der Waals surface area contributed by atoms with Crippen LogP contribution in [0, 0.1) is 0 Å². The van der Waals surface area contributed by atoms with Crippen molar-refractivity contribution in [3.8, 4) is 5.75 Å². The summed E-state index contributed by atoms with van der Waals surface area (Å²) < 4.78 is 5.32. The van der Waals surface area contributed by atoms with Crippen LogP contribution in [0.25, 0.3) is 0 Å². The predicted molar refractivity (Wildman–Crippen MR) is 75.4 cm³/mol. The summed E-state index contributed by atoms with van der Waals surface area (Å²) in [7, 11) is 1.68. The van der Waals surface area contributed by atoms with E-state index in [9.17, 15) is 0 Å². The molecule has 0 saturated carbocycles. The van der Waals surface area contributed by atoms with Gasteiger partial charge in [0.15, 0.2) is 0 Å². The second-order valence-electron chi connectivity index (χ2n) is 4.65. The number of benzene rings is 1. The molecule has 0 aromatic heterocycles. The Hall–Kier alpha value is -0.770. The van der Waals surface area contributed by atoms with Gasteiger partial charge in [0, 0.05) is 30.2 Å². The van der Waals surface area contributed by atoms with Gasteiger partial charge in [-0.1, -0.05) is 17.7 Å². The largest absolute Gasteiger partial charge is 0.496 e. The van der Waals surface area contributed by atoms with E-state index in [-0.39, 0.29) is 0 Å². The molecule has 1 N–H and O–H groups in total. The summed E-state index contributed by atoms with van der Waals surface area (Å²) in [5, 5.41) is 4.20. The van der Waals surface area contributed by atoms with E-state index >= 15 is 0 Å². The molecule has 1 saturated heterocycles. The van der Waals surface area contributed by atoms with Crippen molar-refractivity contribution < 1.29 is 4.74 Å². The van der Waals surface area contributed by atoms with Crippen molar-refractivity contribution >= 4 is 11.6 Å². The number of nitrogens with one attached hydrogen (secondary N) is 1. The Bertz CT molecular complexity index is 378. The summed E-state index contributed by atoms with van der Waals surface area (Å²) in [5.74, 6) is 0.858. The van der Waals surface area contributed by atoms with Gasteiger partial charge in [-0.2, -0.15) is 0 Å². The van der Waals surface area contributed by atoms with Crippen LogP contribution in [0.15, 0.2) is 18.2 Å². The van der Waals surface area contributed by atoms with E-state index in [1.165, 1.54) is 25.9 Å². The average Bonchev–Trinajstić information content (AvgIpc) is 2.89. The van der Waals surface area contributed by atoms with Crippen LogP contribution in [0.4, 0.5) is 0 Å². The van der Waals surface area contributed by atoms with Crippen molar-refractivity contribution in [2.75, 3.05) is 33.3 Å². The van der Waals surface area contributed by atoms with Crippen LogP contribution >= 0.6 is 11.6 Å². The molecule has 18 heavy (non-hydrogen) atoms. The predicted octanol–water partition coefficient (Wildman–Crippen LogP) is 2.53. The van der Waals surface area contributed by atoms with E-state index in [0.29, 0.717) is 0 Å². The van der Waals surface area contributed by atoms with Gasteiger partial charge in [0.25, 0.3) is 0 Å². The molecule has 3 nitrogen and oxygen atoms in total. The zero-order chi connectivity index (χ0) is 12.8. The van der Waals surface area contributed by atoms with Crippen LogP contribution in [-0.2, 0) is 6.54 Å². The molecule has 0 bridgehead atoms. The Balaban J connectivity index is 1.78. The minimum absolute atomic E-state index is 0.761. The highest BCUT2D eigenvalue weighted by molar-refractivity contribution is 6.31. The van der Waals surface area contributed by atoms with E-state index in [4.69, 9.17) is 16.3 Å². The molecule has 0 unspecified atom stereocenters. The van der Waals surface area contributed by atoms with E-state index in [0.717, 1.165) is 36.0 Å². The number of hydrogen-bond donors (Lipinski definition) is 1. The maximum absolute atomic E-state index is 6.18. The number of rotatable bonds is 6. The number of methoxy groups -OCH3 is 1. The van der Waals surface area contributed by atoms with Crippen molar-refractivity contribution in [3.05, 3.63) is 28.8 Å². The fraction of sp³-hybridized carbons (Fsp3) is 0.571. The van der Waals surface area contributed by atoms with Crippen molar-refractivity contribution in [1.82, 2.24) is 10.2 Å². The first-order valence-electron chi connectivity index (χ1n) is 6.55. The van der Waals surface area contributed by atoms with Gasteiger partial charge in [0.1, 0.15) is 5.75 Å². The molecule has 1 aliphatic rings. The Kier molecular flexibility index (Phi) is 5.29. The van der Waals surface area contributed by atoms with Crippen molar-refractivity contribution in [1.29, 1.82) is 0 Å². The molecular formula is C14H21ClN2O. The molecule has 2 rings (SSSR count). The molecule has 100 valence electrons. The molecule has 1 fully saturated rings. The highest BCUT2D eigenvalue weighted by Gasteiger charge is 2.11. The van der Waals surface area contributed by atoms with Crippen LogP contribution in [0.1, 0.15) is 18.4 Å². The standard InChI is InChI=1S/C14H21ClN2O/c1-18-14-6-4-5-13(15)12(14)11-16-7-10-17-8-2-3-9-17/h4-6,16H,2-3,7-11H2,1H3. The third-order valence-electron chi connectivity index (χ3n) is 3.40. The minimum atomic E-state index is 0.761. The van der Waals surface area contributed by atoms with Gasteiger partial charge in [0.2, 0.25) is 0 Å². The molecule has 0 amide bonds. The number of halogens is 1. The maximum atomic E-state index is 6.18. The number of ether oxygens (including phenoxy) is 1. The summed E-state index contributed by atoms with van der Waals surface area (Å²) in [4.78, 5) is 2.50. The smallest absolute Gasteiger partial charge is 0.124 e. The van der Waals surface area contributed by atoms with Gasteiger partial charge < -0.3 is 15.0 Å². The fourth-order valence-corrected chi connectivity index (χ4v) is 2.59. The Labute approximate surface area is 114 Å². The van der Waals surface area contributed by atoms with Gasteiger partial charge in [-0.05, 0) is 38.1 Å². The lowest BCUT2D eigenvalue weighted by Crippen LogP contribution is -2.29. The Morgan fingerprint density at radius 2 is 2.11 bits per heavy atom. The number of hydrogen-bond acceptors (Lipinski definition) is 3. The summed E-state index contributed by atoms with van der Waals surface area (Å²) >= 11 is 6.18. The minimum Gasteiger partial charge on any atom is -0.496 e. The van der Waals surface area contributed by atoms with Gasteiger partial charge in [-0.3, -0.25) is 0 Å². The van der Waals surface area contributed by atoms with Gasteiger partial charge >= 0.3 is 0 Å². The van der Waals surface area contributed by atoms with E-state index in [1.807, 2.05) is 18.2 Å². The highest BCUT2D eigenvalue weighted by atomic mass is 35.5. The van der Waals surface area contributed by atoms with E-state index in [2.05, 4.69) is 10.2 Å². The lowest BCUT2D eigenvalue weighted by Gasteiger charge is -2.16. The molecule has 1 aromatic rings. The normalized spacial score (nSPS) is 16.1. The zero-order valence-electron chi connectivity index (χ0n) is 10.9. The SMILES string of the molecule is COc1cccc(Cl)c1CNCCN1CCCC1. The number of nitrogens with zero attached hydrogens (tertiary/aromatic N) is 1. The first-order chi connectivity index (χ1) is 8.81. The van der Waals surface area contributed by atoms with Crippen LogP contribution in [0.2, 0.25) is 5.02 Å². The second kappa shape index (κ2) is 6.98. The first kappa shape index (κ1) is 13.7. The van der Waals surface area contributed by atoms with Crippen molar-refractivity contribution in [2.45, 2.75) is 19.4 Å². The molecule has 4 heteroatoms. The van der Waals surface area contributed by atoms with E-state index < -0.39 is 0 Å². The topological polar surface area (TPSA) is 24.5 Å². The van der Waals surface area contributed by atoms with Crippen molar-refractivity contribution in [3.63, 3.8) is 0 Å². The Morgan fingerprint density at radius 1 is 1.33 bits per heavy atom. The monoisotopic (exact) mass is 268 g/mol. The quantitative estimate of drug-likeness (QED) is 0.803. The van der Waals surface area contributed by atoms with Gasteiger partial charge in [0.05, 0.1) is 7.11 Å². The van der Waals surface area contributed by atoms with Crippen LogP contribution in [-0.4, -0.2) is 38.2 Å². The van der Waals surface area contributed by atoms with E-state index in [1.54, 1.807) is 7.11 Å². The molecule has 0 atom stereocenters. The molecule has 0 aliphatic carbocycles. The summed E-state index contributed by atoms with van der Waals surface area (Å²) in [5.41, 5.74) is 1.04. The first-order valence-corrected chi connectivity index (χ1v) is 6.93. The molecule has 0 radical (unpaired) electrons. The summed E-state index contributed by atoms with van der Waals surface area (Å²) in [6.45, 7) is 5.37. The van der Waals surface area contributed by atoms with Crippen LogP contribution in [0.3, 0.4) is 0 Å². The average molecular weight is 269 g/mol. The molecule has 1 aliphatic heterocycles. The Morgan fingerprint density at radius 3 is 2.83 bits per heavy atom. The number of likely N-dealkylation sites (tertiary alicyclic amines) is 1. The van der Waals surface area contributed by atoms with Gasteiger partial charge in [-0.25, -0.2) is 0 Å². The second-order valence-corrected chi connectivity index (χ2v) is 5.05. The zero-order valence-corrected chi connectivity index (χ0v) is 11.7.